The largest absolute Gasteiger partial charge is 0.465 e. The van der Waals surface area contributed by atoms with Crippen LogP contribution >= 0.6 is 0 Å². The van der Waals surface area contributed by atoms with Crippen LogP contribution in [0.2, 0.25) is 0 Å². The SMILES string of the molecule is CC(C)(C)CCOC(=O)CNC1CCCC1. The van der Waals surface area contributed by atoms with Gasteiger partial charge in [-0.25, -0.2) is 0 Å². The molecule has 1 saturated carbocycles. The maximum atomic E-state index is 11.4. The van der Waals surface area contributed by atoms with Crippen LogP contribution in [-0.2, 0) is 9.53 Å². The van der Waals surface area contributed by atoms with E-state index in [0.717, 1.165) is 6.42 Å². The van der Waals surface area contributed by atoms with Crippen LogP contribution in [-0.4, -0.2) is 25.2 Å². The van der Waals surface area contributed by atoms with E-state index >= 15 is 0 Å². The lowest BCUT2D eigenvalue weighted by Crippen LogP contribution is -2.32. The standard InChI is InChI=1S/C13H25NO2/c1-13(2,3)8-9-16-12(15)10-14-11-6-4-5-7-11/h11,14H,4-10H2,1-3H3. The first-order valence-corrected chi connectivity index (χ1v) is 6.36. The van der Waals surface area contributed by atoms with Crippen molar-refractivity contribution in [2.45, 2.75) is 58.9 Å². The fraction of sp³-hybridized carbons (Fsp3) is 0.923. The molecule has 0 spiro atoms. The lowest BCUT2D eigenvalue weighted by Gasteiger charge is -2.18. The second-order valence-corrected chi connectivity index (χ2v) is 5.89. The fourth-order valence-corrected chi connectivity index (χ4v) is 1.88. The molecule has 3 nitrogen and oxygen atoms in total. The molecule has 0 amide bonds. The molecule has 0 unspecified atom stereocenters. The molecule has 16 heavy (non-hydrogen) atoms. The minimum Gasteiger partial charge on any atom is -0.465 e. The van der Waals surface area contributed by atoms with Crippen molar-refractivity contribution in [1.82, 2.24) is 5.32 Å². The van der Waals surface area contributed by atoms with Crippen molar-refractivity contribution in [2.24, 2.45) is 5.41 Å². The molecule has 1 N–H and O–H groups in total. The third-order valence-corrected chi connectivity index (χ3v) is 3.01. The molecule has 1 aliphatic carbocycles. The highest BCUT2D eigenvalue weighted by Gasteiger charge is 2.16. The van der Waals surface area contributed by atoms with Gasteiger partial charge in [0.2, 0.25) is 0 Å². The van der Waals surface area contributed by atoms with E-state index in [1.807, 2.05) is 0 Å². The summed E-state index contributed by atoms with van der Waals surface area (Å²) in [7, 11) is 0. The molecule has 0 aromatic rings. The number of esters is 1. The predicted octanol–water partition coefficient (Wildman–Crippen LogP) is 2.50. The number of rotatable bonds is 5. The van der Waals surface area contributed by atoms with Gasteiger partial charge in [-0.3, -0.25) is 4.79 Å². The van der Waals surface area contributed by atoms with Crippen molar-refractivity contribution >= 4 is 5.97 Å². The number of hydrogen-bond donors (Lipinski definition) is 1. The maximum absolute atomic E-state index is 11.4. The van der Waals surface area contributed by atoms with E-state index in [0.29, 0.717) is 19.2 Å². The Balaban J connectivity index is 2.02. The fourth-order valence-electron chi connectivity index (χ4n) is 1.88. The smallest absolute Gasteiger partial charge is 0.319 e. The molecular weight excluding hydrogens is 202 g/mol. The molecule has 1 rings (SSSR count). The first-order chi connectivity index (χ1) is 7.47. The van der Waals surface area contributed by atoms with E-state index < -0.39 is 0 Å². The lowest BCUT2D eigenvalue weighted by molar-refractivity contribution is -0.143. The second kappa shape index (κ2) is 6.24. The van der Waals surface area contributed by atoms with Gasteiger partial charge in [-0.1, -0.05) is 33.6 Å². The molecule has 0 aromatic carbocycles. The Morgan fingerprint density at radius 3 is 2.50 bits per heavy atom. The molecule has 0 atom stereocenters. The van der Waals surface area contributed by atoms with Crippen LogP contribution in [0.4, 0.5) is 0 Å². The van der Waals surface area contributed by atoms with Crippen molar-refractivity contribution in [1.29, 1.82) is 0 Å². The zero-order chi connectivity index (χ0) is 12.0. The van der Waals surface area contributed by atoms with Crippen molar-refractivity contribution in [3.8, 4) is 0 Å². The molecule has 0 bridgehead atoms. The van der Waals surface area contributed by atoms with Gasteiger partial charge in [0.1, 0.15) is 0 Å². The minimum atomic E-state index is -0.115. The Morgan fingerprint density at radius 1 is 1.31 bits per heavy atom. The Kier molecular flexibility index (Phi) is 5.26. The molecule has 0 saturated heterocycles. The highest BCUT2D eigenvalue weighted by atomic mass is 16.5. The molecule has 0 aliphatic heterocycles. The number of nitrogens with one attached hydrogen (secondary N) is 1. The van der Waals surface area contributed by atoms with Gasteiger partial charge in [-0.2, -0.15) is 0 Å². The van der Waals surface area contributed by atoms with Crippen molar-refractivity contribution < 1.29 is 9.53 Å². The van der Waals surface area contributed by atoms with Crippen LogP contribution in [0.25, 0.3) is 0 Å². The average molecular weight is 227 g/mol. The average Bonchev–Trinajstić information content (AvgIpc) is 2.65. The third kappa shape index (κ3) is 6.11. The second-order valence-electron chi connectivity index (χ2n) is 5.89. The normalized spacial score (nSPS) is 17.7. The van der Waals surface area contributed by atoms with E-state index in [4.69, 9.17) is 4.74 Å². The molecule has 0 radical (unpaired) electrons. The van der Waals surface area contributed by atoms with Gasteiger partial charge in [0.25, 0.3) is 0 Å². The summed E-state index contributed by atoms with van der Waals surface area (Å²) in [5.41, 5.74) is 0.235. The highest BCUT2D eigenvalue weighted by molar-refractivity contribution is 5.71. The zero-order valence-electron chi connectivity index (χ0n) is 10.8. The Hall–Kier alpha value is -0.570. The number of ether oxygens (including phenoxy) is 1. The van der Waals surface area contributed by atoms with Crippen LogP contribution < -0.4 is 5.32 Å². The third-order valence-electron chi connectivity index (χ3n) is 3.01. The molecule has 1 fully saturated rings. The highest BCUT2D eigenvalue weighted by Crippen LogP contribution is 2.18. The van der Waals surface area contributed by atoms with Gasteiger partial charge < -0.3 is 10.1 Å². The van der Waals surface area contributed by atoms with E-state index in [1.54, 1.807) is 0 Å². The predicted molar refractivity (Wildman–Crippen MR) is 65.3 cm³/mol. The summed E-state index contributed by atoms with van der Waals surface area (Å²) < 4.78 is 5.18. The summed E-state index contributed by atoms with van der Waals surface area (Å²) in [5.74, 6) is -0.115. The van der Waals surface area contributed by atoms with Crippen molar-refractivity contribution in [3.63, 3.8) is 0 Å². The van der Waals surface area contributed by atoms with Gasteiger partial charge >= 0.3 is 5.97 Å². The summed E-state index contributed by atoms with van der Waals surface area (Å²) in [6.45, 7) is 7.36. The van der Waals surface area contributed by atoms with E-state index in [1.165, 1.54) is 25.7 Å². The Labute approximate surface area is 98.9 Å². The van der Waals surface area contributed by atoms with Gasteiger partial charge in [0, 0.05) is 6.04 Å². The first-order valence-electron chi connectivity index (χ1n) is 6.36. The van der Waals surface area contributed by atoms with Crippen LogP contribution in [0.15, 0.2) is 0 Å². The van der Waals surface area contributed by atoms with Crippen molar-refractivity contribution in [3.05, 3.63) is 0 Å². The first kappa shape index (κ1) is 13.5. The summed E-state index contributed by atoms with van der Waals surface area (Å²) in [6.07, 6.45) is 5.90. The summed E-state index contributed by atoms with van der Waals surface area (Å²) in [5, 5.41) is 3.25. The van der Waals surface area contributed by atoms with Gasteiger partial charge in [-0.15, -0.1) is 0 Å². The lowest BCUT2D eigenvalue weighted by atomic mass is 9.93. The van der Waals surface area contributed by atoms with Crippen LogP contribution in [0, 0.1) is 5.41 Å². The van der Waals surface area contributed by atoms with Crippen LogP contribution in [0.3, 0.4) is 0 Å². The zero-order valence-corrected chi connectivity index (χ0v) is 10.8. The van der Waals surface area contributed by atoms with E-state index in [9.17, 15) is 4.79 Å². The number of carbonyl (C=O) groups excluding carboxylic acids is 1. The molecular formula is C13H25NO2. The maximum Gasteiger partial charge on any atom is 0.319 e. The quantitative estimate of drug-likeness (QED) is 0.733. The van der Waals surface area contributed by atoms with Gasteiger partial charge in [-0.05, 0) is 24.7 Å². The van der Waals surface area contributed by atoms with Gasteiger partial charge in [0.15, 0.2) is 0 Å². The monoisotopic (exact) mass is 227 g/mol. The molecule has 3 heteroatoms. The minimum absolute atomic E-state index is 0.115. The number of carbonyl (C=O) groups is 1. The molecule has 1 aliphatic rings. The molecule has 0 aromatic heterocycles. The van der Waals surface area contributed by atoms with Crippen molar-refractivity contribution in [2.75, 3.05) is 13.2 Å². The molecule has 94 valence electrons. The van der Waals surface area contributed by atoms with E-state index in [-0.39, 0.29) is 11.4 Å². The van der Waals surface area contributed by atoms with Crippen LogP contribution in [0.1, 0.15) is 52.9 Å². The van der Waals surface area contributed by atoms with Gasteiger partial charge in [0.05, 0.1) is 13.2 Å². The Bertz CT molecular complexity index is 214. The Morgan fingerprint density at radius 2 is 1.94 bits per heavy atom. The summed E-state index contributed by atoms with van der Waals surface area (Å²) in [6, 6.07) is 0.537. The van der Waals surface area contributed by atoms with E-state index in [2.05, 4.69) is 26.1 Å². The number of hydrogen-bond acceptors (Lipinski definition) is 3. The topological polar surface area (TPSA) is 38.3 Å². The van der Waals surface area contributed by atoms with Crippen LogP contribution in [0.5, 0.6) is 0 Å². The molecule has 0 heterocycles. The summed E-state index contributed by atoms with van der Waals surface area (Å²) >= 11 is 0. The summed E-state index contributed by atoms with van der Waals surface area (Å²) in [4.78, 5) is 11.4.